The Labute approximate surface area is 149 Å². The summed E-state index contributed by atoms with van der Waals surface area (Å²) in [7, 11) is 0. The van der Waals surface area contributed by atoms with Gasteiger partial charge in [0, 0.05) is 12.5 Å². The van der Waals surface area contributed by atoms with Gasteiger partial charge in [0.2, 0.25) is 6.10 Å². The van der Waals surface area contributed by atoms with E-state index >= 15 is 0 Å². The molecule has 1 N–H and O–H groups in total. The average Bonchev–Trinajstić information content (AvgIpc) is 3.09. The number of carbonyl (C=O) groups is 1. The minimum absolute atomic E-state index is 0.137. The van der Waals surface area contributed by atoms with Gasteiger partial charge in [-0.15, -0.1) is 11.3 Å². The maximum Gasteiger partial charge on any atom is 0.264 e. The van der Waals surface area contributed by atoms with Crippen LogP contribution < -0.4 is 14.8 Å². The molecule has 2 unspecified atom stereocenters. The highest BCUT2D eigenvalue weighted by atomic mass is 32.1. The van der Waals surface area contributed by atoms with Crippen molar-refractivity contribution in [1.29, 1.82) is 0 Å². The van der Waals surface area contributed by atoms with Gasteiger partial charge in [0.1, 0.15) is 6.61 Å². The first kappa shape index (κ1) is 15.9. The monoisotopic (exact) mass is 354 g/mol. The number of rotatable bonds is 4. The van der Waals surface area contributed by atoms with Crippen LogP contribution in [-0.4, -0.2) is 30.1 Å². The standard InChI is InChI=1S/C19H18N2O3S/c1-12(19-21-13-6-2-5-9-17(13)25-19)10-20-18(22)16-11-23-14-7-3-4-8-15(14)24-16/h2-9,12,16H,10-11H2,1H3,(H,20,22). The summed E-state index contributed by atoms with van der Waals surface area (Å²) in [4.78, 5) is 17.0. The Bertz CT molecular complexity index is 875. The van der Waals surface area contributed by atoms with Crippen LogP contribution in [0.4, 0.5) is 0 Å². The Morgan fingerprint density at radius 1 is 1.24 bits per heavy atom. The van der Waals surface area contributed by atoms with E-state index in [4.69, 9.17) is 9.47 Å². The first-order valence-electron chi connectivity index (χ1n) is 8.22. The number of amides is 1. The molecule has 0 spiro atoms. The van der Waals surface area contributed by atoms with Crippen LogP contribution in [0, 0.1) is 0 Å². The van der Waals surface area contributed by atoms with Crippen molar-refractivity contribution in [1.82, 2.24) is 10.3 Å². The summed E-state index contributed by atoms with van der Waals surface area (Å²) in [6.07, 6.45) is -0.627. The van der Waals surface area contributed by atoms with Gasteiger partial charge in [-0.25, -0.2) is 4.98 Å². The first-order valence-corrected chi connectivity index (χ1v) is 9.04. The van der Waals surface area contributed by atoms with Crippen LogP contribution in [-0.2, 0) is 4.79 Å². The molecule has 0 saturated heterocycles. The lowest BCUT2D eigenvalue weighted by atomic mass is 10.2. The van der Waals surface area contributed by atoms with Crippen molar-refractivity contribution in [3.63, 3.8) is 0 Å². The predicted molar refractivity (Wildman–Crippen MR) is 97.4 cm³/mol. The Morgan fingerprint density at radius 2 is 2.00 bits per heavy atom. The zero-order valence-electron chi connectivity index (χ0n) is 13.8. The summed E-state index contributed by atoms with van der Waals surface area (Å²) in [5.74, 6) is 1.25. The average molecular weight is 354 g/mol. The highest BCUT2D eigenvalue weighted by Gasteiger charge is 2.27. The molecule has 0 radical (unpaired) electrons. The first-order chi connectivity index (χ1) is 12.2. The van der Waals surface area contributed by atoms with Gasteiger partial charge in [-0.3, -0.25) is 4.79 Å². The molecule has 6 heteroatoms. The van der Waals surface area contributed by atoms with E-state index in [1.807, 2.05) is 36.4 Å². The highest BCUT2D eigenvalue weighted by Crippen LogP contribution is 2.31. The summed E-state index contributed by atoms with van der Waals surface area (Å²) in [5, 5.41) is 3.97. The summed E-state index contributed by atoms with van der Waals surface area (Å²) in [5.41, 5.74) is 1.00. The van der Waals surface area contributed by atoms with Crippen LogP contribution in [0.1, 0.15) is 17.8 Å². The number of ether oxygens (including phenoxy) is 2. The number of thiazole rings is 1. The summed E-state index contributed by atoms with van der Waals surface area (Å²) < 4.78 is 12.5. The normalized spacial score (nSPS) is 17.2. The highest BCUT2D eigenvalue weighted by molar-refractivity contribution is 7.18. The molecule has 0 aliphatic carbocycles. The molecule has 0 bridgehead atoms. The second-order valence-corrected chi connectivity index (χ2v) is 7.09. The van der Waals surface area contributed by atoms with E-state index in [1.54, 1.807) is 17.4 Å². The van der Waals surface area contributed by atoms with Crippen molar-refractivity contribution in [3.05, 3.63) is 53.5 Å². The third kappa shape index (κ3) is 3.30. The van der Waals surface area contributed by atoms with Crippen molar-refractivity contribution < 1.29 is 14.3 Å². The fourth-order valence-corrected chi connectivity index (χ4v) is 3.72. The van der Waals surface area contributed by atoms with Crippen LogP contribution in [0.5, 0.6) is 11.5 Å². The van der Waals surface area contributed by atoms with Crippen molar-refractivity contribution in [2.45, 2.75) is 18.9 Å². The van der Waals surface area contributed by atoms with Crippen LogP contribution in [0.25, 0.3) is 10.2 Å². The zero-order valence-corrected chi connectivity index (χ0v) is 14.6. The molecule has 0 fully saturated rings. The molecule has 2 atom stereocenters. The lowest BCUT2D eigenvalue weighted by Gasteiger charge is -2.25. The van der Waals surface area contributed by atoms with E-state index in [2.05, 4.69) is 23.3 Å². The maximum absolute atomic E-state index is 12.4. The molecule has 2 aromatic carbocycles. The number of nitrogens with one attached hydrogen (secondary N) is 1. The van der Waals surface area contributed by atoms with Crippen molar-refractivity contribution in [2.24, 2.45) is 0 Å². The minimum Gasteiger partial charge on any atom is -0.485 e. The molecule has 1 aliphatic heterocycles. The smallest absolute Gasteiger partial charge is 0.264 e. The third-order valence-electron chi connectivity index (χ3n) is 4.12. The predicted octanol–water partition coefficient (Wildman–Crippen LogP) is 3.36. The van der Waals surface area contributed by atoms with Crippen LogP contribution in [0.2, 0.25) is 0 Å². The van der Waals surface area contributed by atoms with Gasteiger partial charge < -0.3 is 14.8 Å². The van der Waals surface area contributed by atoms with E-state index in [1.165, 1.54) is 0 Å². The lowest BCUT2D eigenvalue weighted by molar-refractivity contribution is -0.130. The topological polar surface area (TPSA) is 60.5 Å². The molecule has 1 amide bonds. The van der Waals surface area contributed by atoms with Gasteiger partial charge in [-0.05, 0) is 24.3 Å². The molecular weight excluding hydrogens is 336 g/mol. The zero-order chi connectivity index (χ0) is 17.2. The van der Waals surface area contributed by atoms with Crippen LogP contribution >= 0.6 is 11.3 Å². The van der Waals surface area contributed by atoms with Crippen molar-refractivity contribution >= 4 is 27.5 Å². The summed E-state index contributed by atoms with van der Waals surface area (Å²) >= 11 is 1.66. The van der Waals surface area contributed by atoms with E-state index in [9.17, 15) is 4.79 Å². The van der Waals surface area contributed by atoms with E-state index < -0.39 is 6.10 Å². The number of carbonyl (C=O) groups excluding carboxylic acids is 1. The van der Waals surface area contributed by atoms with Crippen LogP contribution in [0.3, 0.4) is 0 Å². The summed E-state index contributed by atoms with van der Waals surface area (Å²) in [6.45, 7) is 2.80. The number of nitrogens with zero attached hydrogens (tertiary/aromatic N) is 1. The minimum atomic E-state index is -0.627. The van der Waals surface area contributed by atoms with Crippen molar-refractivity contribution in [3.8, 4) is 11.5 Å². The number of hydrogen-bond donors (Lipinski definition) is 1. The van der Waals surface area contributed by atoms with Gasteiger partial charge in [-0.2, -0.15) is 0 Å². The number of para-hydroxylation sites is 3. The fourth-order valence-electron chi connectivity index (χ4n) is 2.70. The second-order valence-electron chi connectivity index (χ2n) is 6.03. The van der Waals surface area contributed by atoms with Crippen molar-refractivity contribution in [2.75, 3.05) is 13.2 Å². The molecule has 128 valence electrons. The summed E-state index contributed by atoms with van der Waals surface area (Å²) in [6, 6.07) is 15.4. The lowest BCUT2D eigenvalue weighted by Crippen LogP contribution is -2.44. The molecule has 0 saturated carbocycles. The van der Waals surface area contributed by atoms with Gasteiger partial charge in [0.15, 0.2) is 11.5 Å². The van der Waals surface area contributed by atoms with Gasteiger partial charge in [0.05, 0.1) is 15.2 Å². The van der Waals surface area contributed by atoms with Gasteiger partial charge in [-0.1, -0.05) is 31.2 Å². The molecule has 25 heavy (non-hydrogen) atoms. The van der Waals surface area contributed by atoms with E-state index in [0.717, 1.165) is 15.2 Å². The molecule has 4 rings (SSSR count). The molecule has 1 aromatic heterocycles. The molecule has 1 aliphatic rings. The van der Waals surface area contributed by atoms with E-state index in [0.29, 0.717) is 18.0 Å². The van der Waals surface area contributed by atoms with Gasteiger partial charge >= 0.3 is 0 Å². The SMILES string of the molecule is CC(CNC(=O)C1COc2ccccc2O1)c1nc2ccccc2s1. The van der Waals surface area contributed by atoms with E-state index in [-0.39, 0.29) is 18.4 Å². The van der Waals surface area contributed by atoms with Gasteiger partial charge in [0.25, 0.3) is 5.91 Å². The number of hydrogen-bond acceptors (Lipinski definition) is 5. The quantitative estimate of drug-likeness (QED) is 0.780. The Balaban J connectivity index is 1.37. The molecule has 5 nitrogen and oxygen atoms in total. The number of fused-ring (bicyclic) bond motifs is 2. The maximum atomic E-state index is 12.4. The molecule has 2 heterocycles. The third-order valence-corrected chi connectivity index (χ3v) is 5.38. The number of aromatic nitrogens is 1. The largest absolute Gasteiger partial charge is 0.485 e. The number of benzene rings is 2. The fraction of sp³-hybridized carbons (Fsp3) is 0.263. The molecular formula is C19H18N2O3S. The second kappa shape index (κ2) is 6.72. The Morgan fingerprint density at radius 3 is 2.84 bits per heavy atom. The Kier molecular flexibility index (Phi) is 4.28. The Hall–Kier alpha value is -2.60. The molecule has 3 aromatic rings. The van der Waals surface area contributed by atoms with Crippen LogP contribution in [0.15, 0.2) is 48.5 Å².